The number of anilines is 2. The fourth-order valence-corrected chi connectivity index (χ4v) is 3.28. The molecule has 3 aromatic carbocycles. The van der Waals surface area contributed by atoms with Gasteiger partial charge >= 0.3 is 0 Å². The predicted molar refractivity (Wildman–Crippen MR) is 124 cm³/mol. The van der Waals surface area contributed by atoms with Gasteiger partial charge in [0.25, 0.3) is 11.8 Å². The fourth-order valence-electron chi connectivity index (χ4n) is 3.28. The van der Waals surface area contributed by atoms with Crippen LogP contribution >= 0.6 is 0 Å². The molecular formula is C25H24FN3O4. The van der Waals surface area contributed by atoms with Gasteiger partial charge in [0.05, 0.1) is 19.3 Å². The van der Waals surface area contributed by atoms with Crippen LogP contribution in [0.15, 0.2) is 60.7 Å². The number of ether oxygens (including phenoxy) is 1. The first-order valence-electron chi connectivity index (χ1n) is 10.2. The summed E-state index contributed by atoms with van der Waals surface area (Å²) < 4.78 is 18.7. The van der Waals surface area contributed by atoms with Crippen LogP contribution in [0.1, 0.15) is 31.8 Å². The normalized spacial score (nSPS) is 10.3. The molecular weight excluding hydrogens is 425 g/mol. The first-order valence-corrected chi connectivity index (χ1v) is 10.2. The molecule has 0 saturated carbocycles. The summed E-state index contributed by atoms with van der Waals surface area (Å²) in [6, 6.07) is 15.4. The summed E-state index contributed by atoms with van der Waals surface area (Å²) in [4.78, 5) is 37.1. The van der Waals surface area contributed by atoms with Crippen LogP contribution in [0.4, 0.5) is 15.8 Å². The van der Waals surface area contributed by atoms with Gasteiger partial charge in [0, 0.05) is 16.8 Å². The van der Waals surface area contributed by atoms with E-state index in [4.69, 9.17) is 4.74 Å². The first-order chi connectivity index (χ1) is 15.7. The van der Waals surface area contributed by atoms with E-state index in [9.17, 15) is 18.8 Å². The number of aryl methyl sites for hydroxylation is 2. The maximum atomic E-state index is 13.4. The third-order valence-electron chi connectivity index (χ3n) is 4.71. The van der Waals surface area contributed by atoms with Crippen molar-refractivity contribution in [3.63, 3.8) is 0 Å². The smallest absolute Gasteiger partial charge is 0.255 e. The number of nitrogens with one attached hydrogen (secondary N) is 3. The van der Waals surface area contributed by atoms with E-state index in [0.717, 1.165) is 17.2 Å². The quantitative estimate of drug-likeness (QED) is 0.507. The Morgan fingerprint density at radius 3 is 2.24 bits per heavy atom. The number of amides is 3. The van der Waals surface area contributed by atoms with Crippen LogP contribution < -0.4 is 20.7 Å². The Morgan fingerprint density at radius 2 is 1.58 bits per heavy atom. The molecule has 0 radical (unpaired) electrons. The minimum atomic E-state index is -0.531. The van der Waals surface area contributed by atoms with Crippen LogP contribution in [-0.4, -0.2) is 31.4 Å². The van der Waals surface area contributed by atoms with Gasteiger partial charge in [0.15, 0.2) is 0 Å². The number of benzene rings is 3. The summed E-state index contributed by atoms with van der Waals surface area (Å²) in [5.41, 5.74) is 3.21. The molecule has 0 saturated heterocycles. The van der Waals surface area contributed by atoms with Crippen LogP contribution in [0.3, 0.4) is 0 Å². The van der Waals surface area contributed by atoms with Gasteiger partial charge in [-0.05, 0) is 62.4 Å². The van der Waals surface area contributed by atoms with Crippen molar-refractivity contribution < 1.29 is 23.5 Å². The number of rotatable bonds is 7. The Kier molecular flexibility index (Phi) is 7.40. The molecule has 0 aliphatic carbocycles. The Balaban J connectivity index is 1.65. The van der Waals surface area contributed by atoms with E-state index >= 15 is 0 Å². The number of hydrogen-bond acceptors (Lipinski definition) is 4. The third-order valence-corrected chi connectivity index (χ3v) is 4.71. The van der Waals surface area contributed by atoms with Crippen molar-refractivity contribution in [3.05, 3.63) is 88.7 Å². The van der Waals surface area contributed by atoms with Gasteiger partial charge in [-0.3, -0.25) is 14.4 Å². The van der Waals surface area contributed by atoms with Crippen molar-refractivity contribution in [1.29, 1.82) is 0 Å². The maximum absolute atomic E-state index is 13.4. The topological polar surface area (TPSA) is 96.5 Å². The number of carbonyl (C=O) groups excluding carboxylic acids is 3. The SMILES string of the molecule is COc1ccc(NC(=O)CNC(=O)c2cc(C)cc(C)c2)cc1NC(=O)c1cccc(F)c1. The Labute approximate surface area is 191 Å². The summed E-state index contributed by atoms with van der Waals surface area (Å²) >= 11 is 0. The molecule has 7 nitrogen and oxygen atoms in total. The molecule has 8 heteroatoms. The minimum absolute atomic E-state index is 0.139. The van der Waals surface area contributed by atoms with Crippen LogP contribution in [0.5, 0.6) is 5.75 Å². The van der Waals surface area contributed by atoms with E-state index in [1.165, 1.54) is 31.4 Å². The highest BCUT2D eigenvalue weighted by Crippen LogP contribution is 2.28. The molecule has 0 bridgehead atoms. The molecule has 0 heterocycles. The maximum Gasteiger partial charge on any atom is 0.255 e. The summed E-state index contributed by atoms with van der Waals surface area (Å²) in [6.45, 7) is 3.55. The lowest BCUT2D eigenvalue weighted by Gasteiger charge is -2.13. The van der Waals surface area contributed by atoms with Gasteiger partial charge in [-0.25, -0.2) is 4.39 Å². The lowest BCUT2D eigenvalue weighted by Crippen LogP contribution is -2.33. The molecule has 170 valence electrons. The Bertz CT molecular complexity index is 1190. The van der Waals surface area contributed by atoms with E-state index in [1.54, 1.807) is 24.3 Å². The molecule has 0 atom stereocenters. The van der Waals surface area contributed by atoms with Crippen molar-refractivity contribution in [1.82, 2.24) is 5.32 Å². The average Bonchev–Trinajstić information content (AvgIpc) is 2.77. The zero-order valence-corrected chi connectivity index (χ0v) is 18.5. The molecule has 3 rings (SSSR count). The lowest BCUT2D eigenvalue weighted by atomic mass is 10.1. The second-order valence-electron chi connectivity index (χ2n) is 7.49. The van der Waals surface area contributed by atoms with Crippen LogP contribution in [-0.2, 0) is 4.79 Å². The van der Waals surface area contributed by atoms with E-state index in [1.807, 2.05) is 19.9 Å². The van der Waals surface area contributed by atoms with E-state index in [2.05, 4.69) is 16.0 Å². The molecule has 0 unspecified atom stereocenters. The van der Waals surface area contributed by atoms with E-state index < -0.39 is 17.6 Å². The molecule has 0 aliphatic heterocycles. The molecule has 0 fully saturated rings. The molecule has 33 heavy (non-hydrogen) atoms. The number of carbonyl (C=O) groups is 3. The highest BCUT2D eigenvalue weighted by molar-refractivity contribution is 6.05. The van der Waals surface area contributed by atoms with Crippen LogP contribution in [0.2, 0.25) is 0 Å². The molecule has 0 aliphatic rings. The van der Waals surface area contributed by atoms with Crippen molar-refractivity contribution in [2.45, 2.75) is 13.8 Å². The van der Waals surface area contributed by atoms with Crippen LogP contribution in [0, 0.1) is 19.7 Å². The van der Waals surface area contributed by atoms with Gasteiger partial charge in [-0.2, -0.15) is 0 Å². The minimum Gasteiger partial charge on any atom is -0.495 e. The molecule has 0 aromatic heterocycles. The van der Waals surface area contributed by atoms with Gasteiger partial charge in [-0.15, -0.1) is 0 Å². The van der Waals surface area contributed by atoms with Crippen molar-refractivity contribution in [3.8, 4) is 5.75 Å². The molecule has 3 aromatic rings. The first kappa shape index (κ1) is 23.5. The van der Waals surface area contributed by atoms with Crippen molar-refractivity contribution >= 4 is 29.1 Å². The summed E-state index contributed by atoms with van der Waals surface area (Å²) in [7, 11) is 1.44. The van der Waals surface area contributed by atoms with Gasteiger partial charge in [0.2, 0.25) is 5.91 Å². The molecule has 3 amide bonds. The Morgan fingerprint density at radius 1 is 0.848 bits per heavy atom. The summed E-state index contributed by atoms with van der Waals surface area (Å²) in [6.07, 6.45) is 0. The summed E-state index contributed by atoms with van der Waals surface area (Å²) in [5, 5.41) is 7.90. The standard InChI is InChI=1S/C25H24FN3O4/c1-15-9-16(2)11-18(10-15)24(31)27-14-23(30)28-20-7-8-22(33-3)21(13-20)29-25(32)17-5-4-6-19(26)12-17/h4-13H,14H2,1-3H3,(H,27,31)(H,28,30)(H,29,32). The Hall–Kier alpha value is -4.20. The predicted octanol–water partition coefficient (Wildman–Crippen LogP) is 4.07. The monoisotopic (exact) mass is 449 g/mol. The van der Waals surface area contributed by atoms with Gasteiger partial charge < -0.3 is 20.7 Å². The van der Waals surface area contributed by atoms with Crippen molar-refractivity contribution in [2.75, 3.05) is 24.3 Å². The number of hydrogen-bond donors (Lipinski definition) is 3. The average molecular weight is 449 g/mol. The molecule has 0 spiro atoms. The summed E-state index contributed by atoms with van der Waals surface area (Å²) in [5.74, 6) is -1.49. The van der Waals surface area contributed by atoms with Crippen molar-refractivity contribution in [2.24, 2.45) is 0 Å². The largest absolute Gasteiger partial charge is 0.495 e. The lowest BCUT2D eigenvalue weighted by molar-refractivity contribution is -0.115. The second kappa shape index (κ2) is 10.4. The second-order valence-corrected chi connectivity index (χ2v) is 7.49. The van der Waals surface area contributed by atoms with E-state index in [0.29, 0.717) is 22.7 Å². The number of halogens is 1. The zero-order chi connectivity index (χ0) is 24.0. The highest BCUT2D eigenvalue weighted by atomic mass is 19.1. The number of methoxy groups -OCH3 is 1. The van der Waals surface area contributed by atoms with Gasteiger partial charge in [0.1, 0.15) is 11.6 Å². The molecule has 3 N–H and O–H groups in total. The fraction of sp³-hybridized carbons (Fsp3) is 0.160. The van der Waals surface area contributed by atoms with E-state index in [-0.39, 0.29) is 18.0 Å². The van der Waals surface area contributed by atoms with Gasteiger partial charge in [-0.1, -0.05) is 23.3 Å². The third kappa shape index (κ3) is 6.39. The van der Waals surface area contributed by atoms with Crippen LogP contribution in [0.25, 0.3) is 0 Å². The highest BCUT2D eigenvalue weighted by Gasteiger charge is 2.13. The zero-order valence-electron chi connectivity index (χ0n) is 18.5.